The molecule has 7 nitrogen and oxygen atoms in total. The molecule has 2 heterocycles. The lowest BCUT2D eigenvalue weighted by Crippen LogP contribution is -2.51. The van der Waals surface area contributed by atoms with Crippen molar-refractivity contribution in [3.63, 3.8) is 0 Å². The first kappa shape index (κ1) is 21.7. The van der Waals surface area contributed by atoms with Gasteiger partial charge >= 0.3 is 0 Å². The molecule has 1 aliphatic rings. The maximum Gasteiger partial charge on any atom is 0.272 e. The zero-order valence-corrected chi connectivity index (χ0v) is 18.2. The number of fused-ring (bicyclic) bond motifs is 1. The Balaban J connectivity index is 1.43. The van der Waals surface area contributed by atoms with Gasteiger partial charge in [0.05, 0.1) is 17.5 Å². The second-order valence-corrected chi connectivity index (χ2v) is 7.93. The molecule has 1 fully saturated rings. The average molecular weight is 436 g/mol. The number of rotatable bonds is 4. The fourth-order valence-electron chi connectivity index (χ4n) is 4.05. The van der Waals surface area contributed by atoms with Gasteiger partial charge in [0, 0.05) is 38.3 Å². The summed E-state index contributed by atoms with van der Waals surface area (Å²) in [5, 5.41) is 0. The van der Waals surface area contributed by atoms with Gasteiger partial charge in [-0.25, -0.2) is 9.37 Å². The van der Waals surface area contributed by atoms with Crippen LogP contribution in [0.3, 0.4) is 0 Å². The average Bonchev–Trinajstić information content (AvgIpc) is 2.81. The number of hydrogen-bond donors (Lipinski definition) is 0. The van der Waals surface area contributed by atoms with E-state index in [1.54, 1.807) is 51.6 Å². The molecule has 0 bridgehead atoms. The largest absolute Gasteiger partial charge is 0.339 e. The Bertz CT molecular complexity index is 1230. The smallest absolute Gasteiger partial charge is 0.272 e. The molecule has 8 heteroatoms. The van der Waals surface area contributed by atoms with Crippen molar-refractivity contribution in [1.82, 2.24) is 19.4 Å². The summed E-state index contributed by atoms with van der Waals surface area (Å²) in [7, 11) is 0. The molecule has 3 aromatic rings. The lowest BCUT2D eigenvalue weighted by molar-refractivity contribution is -0.131. The number of aryl methyl sites for hydroxylation is 2. The van der Waals surface area contributed by atoms with Crippen molar-refractivity contribution in [1.29, 1.82) is 0 Å². The van der Waals surface area contributed by atoms with E-state index in [0.717, 1.165) is 5.56 Å². The van der Waals surface area contributed by atoms with Gasteiger partial charge in [-0.2, -0.15) is 0 Å². The molecule has 4 rings (SSSR count). The fraction of sp³-hybridized carbons (Fsp3) is 0.333. The monoisotopic (exact) mass is 436 g/mol. The first-order valence-electron chi connectivity index (χ1n) is 10.7. The zero-order valence-electron chi connectivity index (χ0n) is 18.2. The maximum atomic E-state index is 13.0. The number of nitrogens with zero attached hydrogens (tertiary/aromatic N) is 4. The fourth-order valence-corrected chi connectivity index (χ4v) is 4.05. The van der Waals surface area contributed by atoms with E-state index in [0.29, 0.717) is 55.0 Å². The van der Waals surface area contributed by atoms with E-state index in [9.17, 15) is 18.8 Å². The standard InChI is InChI=1S/C24H25FN4O3/c1-3-29-21-9-6-18(15-20(21)26-16(2)23(29)31)24(32)28-12-10-27(11-13-28)22(30)14-17-4-7-19(25)8-5-17/h4-9,15H,3,10-14H2,1-2H3. The molecule has 1 aromatic heterocycles. The Hall–Kier alpha value is -3.55. The number of halogens is 1. The number of benzene rings is 2. The first-order chi connectivity index (χ1) is 15.4. The van der Waals surface area contributed by atoms with Gasteiger partial charge in [-0.1, -0.05) is 12.1 Å². The van der Waals surface area contributed by atoms with Crippen LogP contribution >= 0.6 is 0 Å². The first-order valence-corrected chi connectivity index (χ1v) is 10.7. The van der Waals surface area contributed by atoms with Crippen molar-refractivity contribution in [3.8, 4) is 0 Å². The van der Waals surface area contributed by atoms with Gasteiger partial charge in [-0.3, -0.25) is 14.4 Å². The number of carbonyl (C=O) groups is 2. The molecule has 0 saturated carbocycles. The van der Waals surface area contributed by atoms with Gasteiger partial charge in [0.15, 0.2) is 0 Å². The van der Waals surface area contributed by atoms with E-state index < -0.39 is 0 Å². The number of hydrogen-bond acceptors (Lipinski definition) is 4. The highest BCUT2D eigenvalue weighted by Gasteiger charge is 2.25. The Morgan fingerprint density at radius 1 is 1.00 bits per heavy atom. The number of carbonyl (C=O) groups excluding carboxylic acids is 2. The third-order valence-corrected chi connectivity index (χ3v) is 5.86. The molecular weight excluding hydrogens is 411 g/mol. The van der Waals surface area contributed by atoms with Gasteiger partial charge in [0.1, 0.15) is 11.5 Å². The van der Waals surface area contributed by atoms with Crippen LogP contribution in [0.1, 0.15) is 28.5 Å². The van der Waals surface area contributed by atoms with E-state index in [2.05, 4.69) is 4.98 Å². The zero-order chi connectivity index (χ0) is 22.8. The van der Waals surface area contributed by atoms with Crippen molar-refractivity contribution in [2.45, 2.75) is 26.8 Å². The van der Waals surface area contributed by atoms with Gasteiger partial charge in [0.25, 0.3) is 11.5 Å². The molecule has 0 atom stereocenters. The van der Waals surface area contributed by atoms with Gasteiger partial charge in [-0.05, 0) is 49.7 Å². The summed E-state index contributed by atoms with van der Waals surface area (Å²) >= 11 is 0. The molecule has 0 N–H and O–H groups in total. The Morgan fingerprint density at radius 2 is 1.66 bits per heavy atom. The van der Waals surface area contributed by atoms with Crippen molar-refractivity contribution < 1.29 is 14.0 Å². The highest BCUT2D eigenvalue weighted by atomic mass is 19.1. The second kappa shape index (κ2) is 8.90. The van der Waals surface area contributed by atoms with E-state index in [4.69, 9.17) is 0 Å². The van der Waals surface area contributed by atoms with Crippen LogP contribution in [0, 0.1) is 12.7 Å². The van der Waals surface area contributed by atoms with Crippen molar-refractivity contribution >= 4 is 22.8 Å². The normalized spacial score (nSPS) is 14.1. The lowest BCUT2D eigenvalue weighted by Gasteiger charge is -2.35. The SMILES string of the molecule is CCn1c(=O)c(C)nc2cc(C(=O)N3CCN(C(=O)Cc4ccc(F)cc4)CC3)ccc21. The Kier molecular flexibility index (Phi) is 6.03. The molecule has 0 radical (unpaired) electrons. The highest BCUT2D eigenvalue weighted by molar-refractivity contribution is 5.97. The second-order valence-electron chi connectivity index (χ2n) is 7.93. The topological polar surface area (TPSA) is 75.5 Å². The minimum absolute atomic E-state index is 0.0355. The summed E-state index contributed by atoms with van der Waals surface area (Å²) in [6.07, 6.45) is 0.211. The molecule has 166 valence electrons. The molecule has 1 aliphatic heterocycles. The van der Waals surface area contributed by atoms with Gasteiger partial charge < -0.3 is 14.4 Å². The van der Waals surface area contributed by atoms with Crippen LogP contribution in [-0.4, -0.2) is 57.3 Å². The van der Waals surface area contributed by atoms with E-state index in [-0.39, 0.29) is 29.6 Å². The number of piperazine rings is 1. The molecule has 32 heavy (non-hydrogen) atoms. The van der Waals surface area contributed by atoms with E-state index in [1.807, 2.05) is 6.92 Å². The minimum Gasteiger partial charge on any atom is -0.339 e. The van der Waals surface area contributed by atoms with Crippen LogP contribution < -0.4 is 5.56 Å². The van der Waals surface area contributed by atoms with Crippen molar-refractivity contribution in [2.24, 2.45) is 0 Å². The minimum atomic E-state index is -0.328. The maximum absolute atomic E-state index is 13.0. The summed E-state index contributed by atoms with van der Waals surface area (Å²) in [6, 6.07) is 11.1. The lowest BCUT2D eigenvalue weighted by atomic mass is 10.1. The molecular formula is C24H25FN4O3. The molecule has 1 saturated heterocycles. The van der Waals surface area contributed by atoms with Crippen molar-refractivity contribution in [3.05, 3.63) is 75.5 Å². The van der Waals surface area contributed by atoms with Crippen LogP contribution in [0.25, 0.3) is 11.0 Å². The third kappa shape index (κ3) is 4.26. The van der Waals surface area contributed by atoms with E-state index in [1.165, 1.54) is 12.1 Å². The van der Waals surface area contributed by atoms with E-state index >= 15 is 0 Å². The quantitative estimate of drug-likeness (QED) is 0.630. The number of aromatic nitrogens is 2. The third-order valence-electron chi connectivity index (χ3n) is 5.86. The predicted molar refractivity (Wildman–Crippen MR) is 119 cm³/mol. The molecule has 2 aromatic carbocycles. The van der Waals surface area contributed by atoms with Crippen LogP contribution in [0.15, 0.2) is 47.3 Å². The summed E-state index contributed by atoms with van der Waals surface area (Å²) < 4.78 is 14.7. The van der Waals surface area contributed by atoms with Crippen molar-refractivity contribution in [2.75, 3.05) is 26.2 Å². The predicted octanol–water partition coefficient (Wildman–Crippen LogP) is 2.39. The highest BCUT2D eigenvalue weighted by Crippen LogP contribution is 2.17. The molecule has 2 amide bonds. The van der Waals surface area contributed by atoms with Crippen LogP contribution in [0.4, 0.5) is 4.39 Å². The summed E-state index contributed by atoms with van der Waals surface area (Å²) in [4.78, 5) is 45.7. The van der Waals surface area contributed by atoms with Gasteiger partial charge in [0.2, 0.25) is 5.91 Å². The summed E-state index contributed by atoms with van der Waals surface area (Å²) in [6.45, 7) is 5.87. The summed E-state index contributed by atoms with van der Waals surface area (Å²) in [5.74, 6) is -0.483. The molecule has 0 spiro atoms. The van der Waals surface area contributed by atoms with Gasteiger partial charge in [-0.15, -0.1) is 0 Å². The molecule has 0 aliphatic carbocycles. The Morgan fingerprint density at radius 3 is 2.31 bits per heavy atom. The van der Waals surface area contributed by atoms with Crippen LogP contribution in [-0.2, 0) is 17.8 Å². The summed E-state index contributed by atoms with van der Waals surface area (Å²) in [5.41, 5.74) is 2.87. The van der Waals surface area contributed by atoms with Crippen LogP contribution in [0.5, 0.6) is 0 Å². The Labute approximate surface area is 185 Å². The van der Waals surface area contributed by atoms with Crippen LogP contribution in [0.2, 0.25) is 0 Å². The molecule has 0 unspecified atom stereocenters. The number of amides is 2.